The van der Waals surface area contributed by atoms with Crippen molar-refractivity contribution in [1.29, 1.82) is 0 Å². The number of benzene rings is 14. The molecule has 6 nitrogen and oxygen atoms in total. The highest BCUT2D eigenvalue weighted by Gasteiger charge is 2.23. The first-order chi connectivity index (χ1) is 59.1. The lowest BCUT2D eigenvalue weighted by Gasteiger charge is -2.29. The topological polar surface area (TPSA) is 22.0 Å². The fourth-order valence-corrected chi connectivity index (χ4v) is 17.9. The smallest absolute Gasteiger partial charge is 0.213 e. The van der Waals surface area contributed by atoms with E-state index in [9.17, 15) is 0 Å². The summed E-state index contributed by atoms with van der Waals surface area (Å²) in [5.41, 5.74) is 39.5. The summed E-state index contributed by atoms with van der Waals surface area (Å²) in [7, 11) is 12.7. The summed E-state index contributed by atoms with van der Waals surface area (Å²) in [6, 6.07) is 117. The second-order valence-corrected chi connectivity index (χ2v) is 33.9. The van der Waals surface area contributed by atoms with Gasteiger partial charge in [-0.15, -0.1) is 0 Å². The third-order valence-electron chi connectivity index (χ3n) is 24.9. The zero-order chi connectivity index (χ0) is 84.8. The van der Waals surface area contributed by atoms with Crippen molar-refractivity contribution in [3.05, 3.63) is 396 Å². The van der Waals surface area contributed by atoms with Gasteiger partial charge in [-0.2, -0.15) is 0 Å². The molecule has 0 aliphatic carbocycles. The summed E-state index contributed by atoms with van der Waals surface area (Å²) >= 11 is 0. The molecule has 5 heterocycles. The van der Waals surface area contributed by atoms with E-state index in [1.807, 2.05) is 0 Å². The summed E-state index contributed by atoms with van der Waals surface area (Å²) in [5.74, 6) is 0. The van der Waals surface area contributed by atoms with Crippen LogP contribution in [0.5, 0.6) is 0 Å². The van der Waals surface area contributed by atoms with Gasteiger partial charge in [0, 0.05) is 107 Å². The molecule has 0 radical (unpaired) electrons. The summed E-state index contributed by atoms with van der Waals surface area (Å²) < 4.78 is 8.93. The molecule has 19 rings (SSSR count). The number of aromatic nitrogens is 4. The summed E-state index contributed by atoms with van der Waals surface area (Å²) in [6.45, 7) is 22.0. The number of anilines is 2. The van der Waals surface area contributed by atoms with Gasteiger partial charge in [0.15, 0.2) is 24.8 Å². The van der Waals surface area contributed by atoms with Crippen LogP contribution in [0.1, 0.15) is 69.3 Å². The van der Waals surface area contributed by atoms with Gasteiger partial charge in [0.1, 0.15) is 28.2 Å². The summed E-state index contributed by atoms with van der Waals surface area (Å²) in [4.78, 5) is 4.68. The molecule has 0 bridgehead atoms. The van der Waals surface area contributed by atoms with Crippen LogP contribution >= 0.6 is 0 Å². The van der Waals surface area contributed by atoms with E-state index in [0.29, 0.717) is 0 Å². The minimum Gasteiger partial charge on any atom is -0.378 e. The number of hydrogen-bond donors (Lipinski definition) is 0. The largest absolute Gasteiger partial charge is 0.378 e. The van der Waals surface area contributed by atoms with Crippen molar-refractivity contribution in [2.24, 2.45) is 28.2 Å². The number of nitrogens with zero attached hydrogens (tertiary/aromatic N) is 6. The van der Waals surface area contributed by atoms with E-state index < -0.39 is 0 Å². The van der Waals surface area contributed by atoms with Crippen LogP contribution in [0.4, 0.5) is 11.4 Å². The second kappa shape index (κ2) is 36.1. The Morgan fingerprint density at radius 3 is 0.828 bits per heavy atom. The standard InChI is InChI=1S/C31H28N.C30H26N.C29H31N2.C26H27N2/c1-21-9-11-24(12-10-21)25-13-14-27-18-28(16-15-26(27)17-25)30-19-31(32(4)20-23(30)3)29-8-6-5-7-22(29)2;1-21-9-7-8-12-28(21)30-19-29(22(2)20-31(30)3)27-16-15-25-17-24(13-14-26(25)18-27)23-10-5-4-6-11-23;1-21-9-5-6-10-27(21)29-19-28(22(2)20-30(29)3)25-12-11-24-18-26(14-13-23(24)17-25)31-15-7-4-8-16-31;1-18-8-6-7-9-24(18)26-16-25(19(2)17-28(26)5)22-11-10-21-15-23(27(3)4)13-12-20(21)14-22/h5-20H,1-4H3;4-20H,1-3H3;5-6,9-14,17-20H,4,7-8,15-16H2,1-3H3;6-17H,1-5H3/q4*+1. The third kappa shape index (κ3) is 18.0. The van der Waals surface area contributed by atoms with E-state index in [2.05, 4.69) is 479 Å². The second-order valence-electron chi connectivity index (χ2n) is 33.9. The van der Waals surface area contributed by atoms with Gasteiger partial charge in [0.25, 0.3) is 0 Å². The van der Waals surface area contributed by atoms with Crippen molar-refractivity contribution in [2.45, 2.75) is 81.6 Å². The molecule has 18 aromatic rings. The maximum atomic E-state index is 2.53. The zero-order valence-corrected chi connectivity index (χ0v) is 73.6. The molecule has 602 valence electrons. The van der Waals surface area contributed by atoms with E-state index in [4.69, 9.17) is 0 Å². The van der Waals surface area contributed by atoms with Crippen molar-refractivity contribution in [2.75, 3.05) is 37.0 Å². The Kier molecular flexibility index (Phi) is 24.3. The Morgan fingerprint density at radius 1 is 0.221 bits per heavy atom. The molecule has 1 saturated heterocycles. The van der Waals surface area contributed by atoms with Gasteiger partial charge in [0.05, 0.1) is 0 Å². The average Bonchev–Trinajstić information content (AvgIpc) is 0.790. The highest BCUT2D eigenvalue weighted by molar-refractivity contribution is 5.95. The van der Waals surface area contributed by atoms with Gasteiger partial charge in [-0.3, -0.25) is 0 Å². The van der Waals surface area contributed by atoms with Crippen molar-refractivity contribution < 1.29 is 18.3 Å². The SMILES string of the molecule is Cc1c[n+](C)c(-c2ccccc2C)cc1-c1ccc2cc(-c3ccccc3)ccc2c1.Cc1c[n+](C)c(-c2ccccc2C)cc1-c1ccc2cc(N(C)C)ccc2c1.Cc1c[n+](C)c(-c2ccccc2C)cc1-c1ccc2cc(N3CCCCC3)ccc2c1.Cc1ccc(-c2ccc3cc(-c4cc(-c5ccccc5C)[n+](C)cc4C)ccc3c2)cc1. The Morgan fingerprint density at radius 2 is 0.492 bits per heavy atom. The number of rotatable bonds is 12. The third-order valence-corrected chi connectivity index (χ3v) is 24.9. The number of aryl methyl sites for hydroxylation is 13. The van der Waals surface area contributed by atoms with E-state index in [1.165, 1.54) is 249 Å². The quantitative estimate of drug-likeness (QED) is 0.114. The van der Waals surface area contributed by atoms with Crippen molar-refractivity contribution >= 4 is 54.5 Å². The van der Waals surface area contributed by atoms with Gasteiger partial charge in [0.2, 0.25) is 22.8 Å². The van der Waals surface area contributed by atoms with Crippen LogP contribution in [-0.4, -0.2) is 27.2 Å². The first-order valence-electron chi connectivity index (χ1n) is 43.1. The van der Waals surface area contributed by atoms with Crippen LogP contribution in [0.15, 0.2) is 346 Å². The monoisotopic (exact) mass is 1590 g/mol. The number of fused-ring (bicyclic) bond motifs is 4. The minimum absolute atomic E-state index is 1.19. The number of piperidine rings is 1. The molecule has 14 aromatic carbocycles. The van der Waals surface area contributed by atoms with Crippen LogP contribution < -0.4 is 28.1 Å². The van der Waals surface area contributed by atoms with Crippen LogP contribution in [-0.2, 0) is 28.2 Å². The maximum Gasteiger partial charge on any atom is 0.213 e. The molecule has 1 fully saturated rings. The molecule has 0 atom stereocenters. The zero-order valence-electron chi connectivity index (χ0n) is 73.6. The van der Waals surface area contributed by atoms with E-state index in [0.717, 1.165) is 0 Å². The Hall–Kier alpha value is -13.7. The van der Waals surface area contributed by atoms with Crippen molar-refractivity contribution in [1.82, 2.24) is 0 Å². The molecule has 1 aliphatic heterocycles. The Balaban J connectivity index is 0.000000121. The molecular weight excluding hydrogens is 1480 g/mol. The van der Waals surface area contributed by atoms with Gasteiger partial charge in [-0.25, -0.2) is 18.3 Å². The van der Waals surface area contributed by atoms with Crippen LogP contribution in [0.3, 0.4) is 0 Å². The molecule has 1 aliphatic rings. The van der Waals surface area contributed by atoms with Gasteiger partial charge in [-0.1, -0.05) is 218 Å². The van der Waals surface area contributed by atoms with E-state index >= 15 is 0 Å². The normalized spacial score (nSPS) is 11.9. The fourth-order valence-electron chi connectivity index (χ4n) is 17.9. The van der Waals surface area contributed by atoms with Crippen LogP contribution in [0.25, 0.3) is 155 Å². The molecule has 6 heteroatoms. The Bertz CT molecular complexity index is 6920. The first kappa shape index (κ1) is 82.0. The van der Waals surface area contributed by atoms with E-state index in [-0.39, 0.29) is 0 Å². The molecular formula is C116H112N6+4. The molecule has 4 aromatic heterocycles. The molecule has 0 spiro atoms. The lowest BCUT2D eigenvalue weighted by Crippen LogP contribution is -2.31. The van der Waals surface area contributed by atoms with E-state index in [1.54, 1.807) is 0 Å². The van der Waals surface area contributed by atoms with Gasteiger partial charge in [-0.05, 0) is 299 Å². The highest BCUT2D eigenvalue weighted by atomic mass is 15.1. The molecule has 0 unspecified atom stereocenters. The van der Waals surface area contributed by atoms with Crippen LogP contribution in [0, 0.1) is 62.3 Å². The minimum atomic E-state index is 1.19. The van der Waals surface area contributed by atoms with Crippen molar-refractivity contribution in [3.8, 4) is 112 Å². The fraction of sp³-hybridized carbons (Fsp3) is 0.172. The predicted molar refractivity (Wildman–Crippen MR) is 518 cm³/mol. The van der Waals surface area contributed by atoms with Gasteiger partial charge < -0.3 is 9.80 Å². The molecule has 0 amide bonds. The molecule has 122 heavy (non-hydrogen) atoms. The first-order valence-corrected chi connectivity index (χ1v) is 43.1. The lowest BCUT2D eigenvalue weighted by molar-refractivity contribution is -0.660. The Labute approximate surface area is 722 Å². The predicted octanol–water partition coefficient (Wildman–Crippen LogP) is 27.2. The van der Waals surface area contributed by atoms with Gasteiger partial charge >= 0.3 is 0 Å². The summed E-state index contributed by atoms with van der Waals surface area (Å²) in [5, 5.41) is 10.2. The molecule has 0 saturated carbocycles. The lowest BCUT2D eigenvalue weighted by atomic mass is 9.94. The average molecular weight is 1590 g/mol. The van der Waals surface area contributed by atoms with Crippen molar-refractivity contribution in [3.63, 3.8) is 0 Å². The maximum absolute atomic E-state index is 2.53. The molecule has 0 N–H and O–H groups in total. The number of pyridine rings is 4. The highest BCUT2D eigenvalue weighted by Crippen LogP contribution is 2.39. The summed E-state index contributed by atoms with van der Waals surface area (Å²) in [6.07, 6.45) is 12.9. The number of hydrogen-bond acceptors (Lipinski definition) is 2. The van der Waals surface area contributed by atoms with Crippen LogP contribution in [0.2, 0.25) is 0 Å².